The second kappa shape index (κ2) is 5.85. The lowest BCUT2D eigenvalue weighted by Gasteiger charge is -2.20. The molecule has 116 valence electrons. The minimum atomic E-state index is -2.85. The van der Waals surface area contributed by atoms with E-state index >= 15 is 0 Å². The van der Waals surface area contributed by atoms with Crippen molar-refractivity contribution < 1.29 is 17.9 Å². The maximum atomic E-state index is 11.5. The van der Waals surface area contributed by atoms with E-state index in [1.165, 1.54) is 0 Å². The lowest BCUT2D eigenvalue weighted by Crippen LogP contribution is -2.32. The smallest absolute Gasteiger partial charge is 0.161 e. The molecule has 1 saturated heterocycles. The highest BCUT2D eigenvalue weighted by molar-refractivity contribution is 7.91. The summed E-state index contributed by atoms with van der Waals surface area (Å²) in [6.07, 6.45) is 1.58. The van der Waals surface area contributed by atoms with E-state index in [0.29, 0.717) is 25.4 Å². The molecule has 0 radical (unpaired) electrons. The molecule has 5 nitrogen and oxygen atoms in total. The number of sulfone groups is 1. The largest absolute Gasteiger partial charge is 0.490 e. The molecule has 2 aliphatic heterocycles. The third-order valence-electron chi connectivity index (χ3n) is 3.99. The van der Waals surface area contributed by atoms with Gasteiger partial charge in [-0.25, -0.2) is 8.42 Å². The first-order valence-electron chi connectivity index (χ1n) is 7.39. The van der Waals surface area contributed by atoms with Crippen LogP contribution in [0.1, 0.15) is 31.4 Å². The molecule has 2 unspecified atom stereocenters. The second-order valence-electron chi connectivity index (χ2n) is 5.74. The van der Waals surface area contributed by atoms with Crippen LogP contribution in [0.2, 0.25) is 0 Å². The van der Waals surface area contributed by atoms with E-state index in [1.54, 1.807) is 0 Å². The number of fused-ring (bicyclic) bond motifs is 1. The number of hydrogen-bond acceptors (Lipinski definition) is 5. The maximum absolute atomic E-state index is 11.5. The predicted molar refractivity (Wildman–Crippen MR) is 80.7 cm³/mol. The van der Waals surface area contributed by atoms with E-state index in [2.05, 4.69) is 5.32 Å². The maximum Gasteiger partial charge on any atom is 0.161 e. The SMILES string of the molecule is CC(NC1CCS(=O)(=O)C1)c1ccc2c(c1)OCCCO2. The highest BCUT2D eigenvalue weighted by atomic mass is 32.2. The Kier molecular flexibility index (Phi) is 4.08. The fourth-order valence-electron chi connectivity index (χ4n) is 2.83. The Hall–Kier alpha value is -1.27. The van der Waals surface area contributed by atoms with Crippen molar-refractivity contribution in [3.05, 3.63) is 23.8 Å². The van der Waals surface area contributed by atoms with Crippen LogP contribution in [0.3, 0.4) is 0 Å². The minimum Gasteiger partial charge on any atom is -0.490 e. The van der Waals surface area contributed by atoms with Crippen molar-refractivity contribution in [2.24, 2.45) is 0 Å². The molecule has 1 N–H and O–H groups in total. The molecule has 2 atom stereocenters. The van der Waals surface area contributed by atoms with Crippen LogP contribution in [0.5, 0.6) is 11.5 Å². The zero-order valence-corrected chi connectivity index (χ0v) is 13.0. The molecule has 2 aliphatic rings. The van der Waals surface area contributed by atoms with Crippen LogP contribution in [-0.4, -0.2) is 39.2 Å². The van der Waals surface area contributed by atoms with Gasteiger partial charge in [0.15, 0.2) is 21.3 Å². The molecule has 0 aromatic heterocycles. The van der Waals surface area contributed by atoms with E-state index in [1.807, 2.05) is 25.1 Å². The summed E-state index contributed by atoms with van der Waals surface area (Å²) in [6.45, 7) is 3.39. The van der Waals surface area contributed by atoms with E-state index in [-0.39, 0.29) is 17.8 Å². The molecular weight excluding hydrogens is 290 g/mol. The van der Waals surface area contributed by atoms with Gasteiger partial charge in [0.05, 0.1) is 24.7 Å². The first kappa shape index (κ1) is 14.7. The van der Waals surface area contributed by atoms with Gasteiger partial charge in [-0.05, 0) is 31.0 Å². The Morgan fingerprint density at radius 3 is 2.71 bits per heavy atom. The van der Waals surface area contributed by atoms with Crippen LogP contribution in [0.25, 0.3) is 0 Å². The van der Waals surface area contributed by atoms with Crippen molar-refractivity contribution in [1.82, 2.24) is 5.32 Å². The van der Waals surface area contributed by atoms with Crippen molar-refractivity contribution in [1.29, 1.82) is 0 Å². The quantitative estimate of drug-likeness (QED) is 0.920. The highest BCUT2D eigenvalue weighted by Gasteiger charge is 2.28. The third-order valence-corrected chi connectivity index (χ3v) is 5.76. The average molecular weight is 311 g/mol. The average Bonchev–Trinajstić information content (AvgIpc) is 2.65. The van der Waals surface area contributed by atoms with E-state index in [0.717, 1.165) is 23.5 Å². The molecule has 1 aromatic carbocycles. The fourth-order valence-corrected chi connectivity index (χ4v) is 4.51. The zero-order valence-electron chi connectivity index (χ0n) is 12.2. The van der Waals surface area contributed by atoms with E-state index in [9.17, 15) is 8.42 Å². The fraction of sp³-hybridized carbons (Fsp3) is 0.600. The molecule has 3 rings (SSSR count). The molecule has 0 saturated carbocycles. The lowest BCUT2D eigenvalue weighted by atomic mass is 10.1. The molecule has 6 heteroatoms. The molecule has 2 heterocycles. The van der Waals surface area contributed by atoms with E-state index < -0.39 is 9.84 Å². The normalized spacial score (nSPS) is 25.3. The minimum absolute atomic E-state index is 0.0426. The summed E-state index contributed by atoms with van der Waals surface area (Å²) in [7, 11) is -2.85. The Morgan fingerprint density at radius 1 is 1.24 bits per heavy atom. The molecule has 0 aliphatic carbocycles. The number of nitrogens with one attached hydrogen (secondary N) is 1. The van der Waals surface area contributed by atoms with Gasteiger partial charge in [-0.2, -0.15) is 0 Å². The monoisotopic (exact) mass is 311 g/mol. The van der Waals surface area contributed by atoms with Gasteiger partial charge in [0, 0.05) is 18.5 Å². The summed E-state index contributed by atoms with van der Waals surface area (Å²) < 4.78 is 34.3. The van der Waals surface area contributed by atoms with Gasteiger partial charge in [0.1, 0.15) is 0 Å². The molecule has 21 heavy (non-hydrogen) atoms. The topological polar surface area (TPSA) is 64.6 Å². The van der Waals surface area contributed by atoms with Gasteiger partial charge in [-0.15, -0.1) is 0 Å². The van der Waals surface area contributed by atoms with Gasteiger partial charge in [0.2, 0.25) is 0 Å². The Labute approximate surface area is 125 Å². The Bertz CT molecular complexity index is 614. The summed E-state index contributed by atoms with van der Waals surface area (Å²) in [4.78, 5) is 0. The Morgan fingerprint density at radius 2 is 2.00 bits per heavy atom. The van der Waals surface area contributed by atoms with Crippen molar-refractivity contribution >= 4 is 9.84 Å². The van der Waals surface area contributed by atoms with Crippen LogP contribution in [-0.2, 0) is 9.84 Å². The van der Waals surface area contributed by atoms with Crippen molar-refractivity contribution in [3.8, 4) is 11.5 Å². The van der Waals surface area contributed by atoms with Gasteiger partial charge in [0.25, 0.3) is 0 Å². The van der Waals surface area contributed by atoms with Crippen molar-refractivity contribution in [3.63, 3.8) is 0 Å². The first-order valence-corrected chi connectivity index (χ1v) is 9.22. The summed E-state index contributed by atoms with van der Waals surface area (Å²) in [5, 5.41) is 3.40. The first-order chi connectivity index (χ1) is 10.0. The van der Waals surface area contributed by atoms with Crippen LogP contribution in [0.15, 0.2) is 18.2 Å². The summed E-state index contributed by atoms with van der Waals surface area (Å²) in [5.74, 6) is 2.09. The Balaban J connectivity index is 1.70. The lowest BCUT2D eigenvalue weighted by molar-refractivity contribution is 0.297. The van der Waals surface area contributed by atoms with Crippen LogP contribution in [0.4, 0.5) is 0 Å². The summed E-state index contributed by atoms with van der Waals surface area (Å²) in [5.41, 5.74) is 1.09. The van der Waals surface area contributed by atoms with Gasteiger partial charge in [-0.3, -0.25) is 0 Å². The number of hydrogen-bond donors (Lipinski definition) is 1. The molecular formula is C15H21NO4S. The molecule has 1 aromatic rings. The van der Waals surface area contributed by atoms with Crippen LogP contribution < -0.4 is 14.8 Å². The number of ether oxygens (including phenoxy) is 2. The molecule has 1 fully saturated rings. The van der Waals surface area contributed by atoms with Gasteiger partial charge >= 0.3 is 0 Å². The molecule has 0 bridgehead atoms. The summed E-state index contributed by atoms with van der Waals surface area (Å²) in [6, 6.07) is 6.05. The number of benzene rings is 1. The van der Waals surface area contributed by atoms with Crippen LogP contribution >= 0.6 is 0 Å². The van der Waals surface area contributed by atoms with E-state index in [4.69, 9.17) is 9.47 Å². The zero-order chi connectivity index (χ0) is 14.9. The molecule has 0 spiro atoms. The van der Waals surface area contributed by atoms with Crippen molar-refractivity contribution in [2.45, 2.75) is 31.8 Å². The summed E-state index contributed by atoms with van der Waals surface area (Å²) >= 11 is 0. The highest BCUT2D eigenvalue weighted by Crippen LogP contribution is 2.32. The number of rotatable bonds is 3. The predicted octanol–water partition coefficient (Wildman–Crippen LogP) is 1.69. The van der Waals surface area contributed by atoms with Crippen molar-refractivity contribution in [2.75, 3.05) is 24.7 Å². The van der Waals surface area contributed by atoms with Gasteiger partial charge in [-0.1, -0.05) is 6.07 Å². The molecule has 0 amide bonds. The third kappa shape index (κ3) is 3.49. The van der Waals surface area contributed by atoms with Crippen LogP contribution in [0, 0.1) is 0 Å². The second-order valence-corrected chi connectivity index (χ2v) is 7.97. The van der Waals surface area contributed by atoms with Gasteiger partial charge < -0.3 is 14.8 Å². The standard InChI is InChI=1S/C15H21NO4S/c1-11(16-13-5-8-21(17,18)10-13)12-3-4-14-15(9-12)20-7-2-6-19-14/h3-4,9,11,13,16H,2,5-8,10H2,1H3.